The van der Waals surface area contributed by atoms with Crippen molar-refractivity contribution in [1.82, 2.24) is 10.6 Å². The Labute approximate surface area is 79.8 Å². The molecule has 72 valence electrons. The van der Waals surface area contributed by atoms with Gasteiger partial charge in [0.15, 0.2) is 0 Å². The maximum Gasteiger partial charge on any atom is 0.279 e. The first-order valence-electron chi connectivity index (χ1n) is 4.16. The summed E-state index contributed by atoms with van der Waals surface area (Å²) in [4.78, 5) is 22.2. The second kappa shape index (κ2) is 3.19. The molecule has 2 amide bonds. The minimum Gasteiger partial charge on any atom is -0.350 e. The average Bonchev–Trinajstić information content (AvgIpc) is 2.62. The highest BCUT2D eigenvalue weighted by Crippen LogP contribution is 2.19. The highest BCUT2D eigenvalue weighted by atomic mass is 32.2. The third kappa shape index (κ3) is 1.94. The predicted octanol–water partition coefficient (Wildman–Crippen LogP) is -0.973. The molecule has 3 unspecified atom stereocenters. The molecular formula is C7H11N3O2S. The molecule has 13 heavy (non-hydrogen) atoms. The number of nitrogens with two attached hydrogens (primary N) is 1. The van der Waals surface area contributed by atoms with E-state index in [1.54, 1.807) is 0 Å². The maximum absolute atomic E-state index is 11.4. The van der Waals surface area contributed by atoms with E-state index < -0.39 is 0 Å². The van der Waals surface area contributed by atoms with Gasteiger partial charge in [0.05, 0.1) is 0 Å². The van der Waals surface area contributed by atoms with Gasteiger partial charge in [-0.15, -0.1) is 0 Å². The molecule has 1 aliphatic carbocycles. The fraction of sp³-hybridized carbons (Fsp3) is 0.714. The Morgan fingerprint density at radius 1 is 1.69 bits per heavy atom. The van der Waals surface area contributed by atoms with Crippen LogP contribution >= 0.6 is 11.8 Å². The topological polar surface area (TPSA) is 84.2 Å². The Bertz CT molecular complexity index is 258. The van der Waals surface area contributed by atoms with Crippen molar-refractivity contribution in [1.29, 1.82) is 0 Å². The summed E-state index contributed by atoms with van der Waals surface area (Å²) in [5, 5.41) is 5.22. The second-order valence-electron chi connectivity index (χ2n) is 3.31. The van der Waals surface area contributed by atoms with Crippen molar-refractivity contribution >= 4 is 22.9 Å². The number of thioether (sulfide) groups is 1. The van der Waals surface area contributed by atoms with Gasteiger partial charge in [-0.3, -0.25) is 9.59 Å². The predicted molar refractivity (Wildman–Crippen MR) is 49.3 cm³/mol. The molecule has 0 aromatic heterocycles. The summed E-state index contributed by atoms with van der Waals surface area (Å²) in [5.41, 5.74) is 5.53. The number of amides is 2. The van der Waals surface area contributed by atoms with Crippen LogP contribution in [0.5, 0.6) is 0 Å². The lowest BCUT2D eigenvalue weighted by molar-refractivity contribution is -0.122. The van der Waals surface area contributed by atoms with Gasteiger partial charge in [0.1, 0.15) is 6.04 Å². The molecule has 2 rings (SSSR count). The van der Waals surface area contributed by atoms with Crippen molar-refractivity contribution in [3.8, 4) is 0 Å². The number of carbonyl (C=O) groups excluding carboxylic acids is 2. The first-order valence-corrected chi connectivity index (χ1v) is 5.14. The van der Waals surface area contributed by atoms with Crippen molar-refractivity contribution in [2.45, 2.75) is 24.5 Å². The van der Waals surface area contributed by atoms with Crippen LogP contribution in [0, 0.1) is 0 Å². The Morgan fingerprint density at radius 2 is 2.38 bits per heavy atom. The summed E-state index contributed by atoms with van der Waals surface area (Å²) in [6.45, 7) is 0. The quantitative estimate of drug-likeness (QED) is 0.536. The highest BCUT2D eigenvalue weighted by Gasteiger charge is 2.37. The summed E-state index contributed by atoms with van der Waals surface area (Å²) >= 11 is 1.14. The molecule has 1 heterocycles. The second-order valence-corrected chi connectivity index (χ2v) is 4.30. The lowest BCUT2D eigenvalue weighted by atomic mass is 10.3. The number of rotatable bonds is 2. The van der Waals surface area contributed by atoms with E-state index in [9.17, 15) is 9.59 Å². The van der Waals surface area contributed by atoms with Gasteiger partial charge in [0.2, 0.25) is 5.91 Å². The first kappa shape index (κ1) is 8.83. The van der Waals surface area contributed by atoms with Crippen LogP contribution in [0.2, 0.25) is 0 Å². The minimum absolute atomic E-state index is 0.105. The monoisotopic (exact) mass is 201 g/mol. The Morgan fingerprint density at radius 3 is 2.85 bits per heavy atom. The van der Waals surface area contributed by atoms with E-state index in [2.05, 4.69) is 10.6 Å². The number of hydrogen-bond donors (Lipinski definition) is 3. The molecular weight excluding hydrogens is 190 g/mol. The van der Waals surface area contributed by atoms with Gasteiger partial charge in [0, 0.05) is 17.8 Å². The van der Waals surface area contributed by atoms with Crippen LogP contribution in [0.4, 0.5) is 4.79 Å². The number of carbonyl (C=O) groups is 2. The minimum atomic E-state index is -0.370. The van der Waals surface area contributed by atoms with Crippen molar-refractivity contribution in [3.63, 3.8) is 0 Å². The Kier molecular flexibility index (Phi) is 2.17. The van der Waals surface area contributed by atoms with Crippen LogP contribution in [0.15, 0.2) is 0 Å². The zero-order valence-corrected chi connectivity index (χ0v) is 7.76. The third-order valence-electron chi connectivity index (χ3n) is 2.16. The van der Waals surface area contributed by atoms with Gasteiger partial charge in [-0.05, 0) is 6.42 Å². The molecule has 0 bridgehead atoms. The molecule has 2 fully saturated rings. The van der Waals surface area contributed by atoms with Gasteiger partial charge in [-0.25, -0.2) is 0 Å². The largest absolute Gasteiger partial charge is 0.350 e. The fourth-order valence-electron chi connectivity index (χ4n) is 1.19. The molecule has 5 nitrogen and oxygen atoms in total. The van der Waals surface area contributed by atoms with Crippen molar-refractivity contribution in [2.75, 3.05) is 5.75 Å². The van der Waals surface area contributed by atoms with Gasteiger partial charge in [-0.2, -0.15) is 0 Å². The zero-order valence-electron chi connectivity index (χ0n) is 6.95. The molecule has 1 saturated heterocycles. The van der Waals surface area contributed by atoms with Crippen LogP contribution in [-0.2, 0) is 4.79 Å². The van der Waals surface area contributed by atoms with E-state index in [4.69, 9.17) is 5.73 Å². The molecule has 6 heteroatoms. The van der Waals surface area contributed by atoms with E-state index in [0.29, 0.717) is 5.75 Å². The average molecular weight is 201 g/mol. The molecule has 2 aliphatic rings. The Balaban J connectivity index is 1.80. The standard InChI is InChI=1S/C7H11N3O2S/c8-3-1-4(3)9-6(11)5-2-13-7(12)10-5/h3-5H,1-2,8H2,(H,9,11)(H,10,12). The third-order valence-corrected chi connectivity index (χ3v) is 3.04. The van der Waals surface area contributed by atoms with Crippen molar-refractivity contribution in [2.24, 2.45) is 5.73 Å². The van der Waals surface area contributed by atoms with Gasteiger partial charge >= 0.3 is 0 Å². The van der Waals surface area contributed by atoms with Crippen molar-refractivity contribution < 1.29 is 9.59 Å². The summed E-state index contributed by atoms with van der Waals surface area (Å²) in [6, 6.07) is -0.144. The zero-order chi connectivity index (χ0) is 9.42. The lowest BCUT2D eigenvalue weighted by Gasteiger charge is -2.08. The lowest BCUT2D eigenvalue weighted by Crippen LogP contribution is -2.44. The van der Waals surface area contributed by atoms with Crippen LogP contribution < -0.4 is 16.4 Å². The summed E-state index contributed by atoms with van der Waals surface area (Å²) in [6.07, 6.45) is 0.847. The summed E-state index contributed by atoms with van der Waals surface area (Å²) in [7, 11) is 0. The molecule has 3 atom stereocenters. The van der Waals surface area contributed by atoms with E-state index in [-0.39, 0.29) is 29.3 Å². The van der Waals surface area contributed by atoms with Gasteiger partial charge < -0.3 is 16.4 Å². The molecule has 0 radical (unpaired) electrons. The fourth-order valence-corrected chi connectivity index (χ4v) is 1.97. The number of hydrogen-bond acceptors (Lipinski definition) is 4. The molecule has 0 spiro atoms. The summed E-state index contributed by atoms with van der Waals surface area (Å²) < 4.78 is 0. The molecule has 4 N–H and O–H groups in total. The normalized spacial score (nSPS) is 37.0. The van der Waals surface area contributed by atoms with Crippen LogP contribution in [0.3, 0.4) is 0 Å². The van der Waals surface area contributed by atoms with Crippen LogP contribution in [0.1, 0.15) is 6.42 Å². The van der Waals surface area contributed by atoms with E-state index >= 15 is 0 Å². The number of nitrogens with one attached hydrogen (secondary N) is 2. The van der Waals surface area contributed by atoms with Crippen LogP contribution in [0.25, 0.3) is 0 Å². The first-order chi connectivity index (χ1) is 6.16. The van der Waals surface area contributed by atoms with Crippen molar-refractivity contribution in [3.05, 3.63) is 0 Å². The van der Waals surface area contributed by atoms with Gasteiger partial charge in [0.25, 0.3) is 5.24 Å². The van der Waals surface area contributed by atoms with E-state index in [1.165, 1.54) is 0 Å². The molecule has 1 saturated carbocycles. The van der Waals surface area contributed by atoms with Crippen LogP contribution in [-0.4, -0.2) is 35.0 Å². The Hall–Kier alpha value is -0.750. The summed E-state index contributed by atoms with van der Waals surface area (Å²) in [5.74, 6) is 0.406. The van der Waals surface area contributed by atoms with E-state index in [0.717, 1.165) is 18.2 Å². The molecule has 0 aromatic carbocycles. The maximum atomic E-state index is 11.4. The smallest absolute Gasteiger partial charge is 0.279 e. The van der Waals surface area contributed by atoms with E-state index in [1.807, 2.05) is 0 Å². The highest BCUT2D eigenvalue weighted by molar-refractivity contribution is 8.14. The molecule has 0 aromatic rings. The van der Waals surface area contributed by atoms with Gasteiger partial charge in [-0.1, -0.05) is 11.8 Å². The SMILES string of the molecule is NC1CC1NC(=O)C1CSC(=O)N1. The molecule has 1 aliphatic heterocycles.